The molecule has 0 heterocycles. The second-order valence-corrected chi connectivity index (χ2v) is 10.9. The van der Waals surface area contributed by atoms with Crippen LogP contribution in [0, 0.1) is 5.92 Å². The maximum atomic E-state index is 10.2. The Kier molecular flexibility index (Phi) is 13.3. The minimum atomic E-state index is -3.46. The van der Waals surface area contributed by atoms with Gasteiger partial charge in [-0.2, -0.15) is 0 Å². The Bertz CT molecular complexity index is 880. The van der Waals surface area contributed by atoms with Crippen LogP contribution in [0.3, 0.4) is 0 Å². The molecule has 2 unspecified atom stereocenters. The summed E-state index contributed by atoms with van der Waals surface area (Å²) in [6, 6.07) is 26.3. The number of aromatic carboxylic acids is 1. The van der Waals surface area contributed by atoms with Crippen molar-refractivity contribution in [3.8, 4) is 0 Å². The van der Waals surface area contributed by atoms with Gasteiger partial charge in [0.15, 0.2) is 0 Å². The number of hydrogen-bond acceptors (Lipinski definition) is 5. The average Bonchev–Trinajstić information content (AvgIpc) is 2.80. The van der Waals surface area contributed by atoms with Crippen molar-refractivity contribution in [1.82, 2.24) is 0 Å². The molecule has 186 valence electrons. The summed E-state index contributed by atoms with van der Waals surface area (Å²) in [7, 11) is -3.46. The molecular formula is C27H37O6P. The maximum absolute atomic E-state index is 10.2. The molecule has 0 aliphatic carbocycles. The quantitative estimate of drug-likeness (QED) is 0.323. The first-order valence-corrected chi connectivity index (χ1v) is 13.1. The van der Waals surface area contributed by atoms with Gasteiger partial charge in [0.2, 0.25) is 0 Å². The van der Waals surface area contributed by atoms with Crippen molar-refractivity contribution in [3.63, 3.8) is 0 Å². The minimum absolute atomic E-state index is 0.331. The second kappa shape index (κ2) is 15.3. The molecule has 34 heavy (non-hydrogen) atoms. The predicted molar refractivity (Wildman–Crippen MR) is 140 cm³/mol. The molecule has 0 aliphatic heterocycles. The van der Waals surface area contributed by atoms with Crippen LogP contribution in [0.1, 0.15) is 44.0 Å². The topological polar surface area (TPSA) is 118 Å². The summed E-state index contributed by atoms with van der Waals surface area (Å²) >= 11 is 0. The third-order valence-electron chi connectivity index (χ3n) is 4.73. The van der Waals surface area contributed by atoms with Gasteiger partial charge in [0.25, 0.3) is 0 Å². The SMILES string of the molecule is CC(C)CC(O)CC(C)O.O=C(O)c1ccccc1.O[PH](O)(c1ccccc1)c1ccccc1. The van der Waals surface area contributed by atoms with E-state index in [1.807, 2.05) is 36.4 Å². The van der Waals surface area contributed by atoms with E-state index in [4.69, 9.17) is 10.2 Å². The van der Waals surface area contributed by atoms with Gasteiger partial charge in [-0.1, -0.05) is 32.0 Å². The molecule has 0 aliphatic rings. The molecule has 0 fully saturated rings. The first-order chi connectivity index (χ1) is 16.0. The number of aliphatic hydroxyl groups excluding tert-OH is 2. The van der Waals surface area contributed by atoms with Crippen LogP contribution in [0.4, 0.5) is 0 Å². The van der Waals surface area contributed by atoms with Crippen LogP contribution in [0.5, 0.6) is 0 Å². The van der Waals surface area contributed by atoms with Crippen molar-refractivity contribution < 1.29 is 29.9 Å². The molecule has 0 saturated heterocycles. The van der Waals surface area contributed by atoms with Crippen molar-refractivity contribution in [2.24, 2.45) is 5.92 Å². The fourth-order valence-electron chi connectivity index (χ4n) is 3.12. The summed E-state index contributed by atoms with van der Waals surface area (Å²) in [4.78, 5) is 30.5. The van der Waals surface area contributed by atoms with E-state index in [-0.39, 0.29) is 12.2 Å². The molecule has 3 aromatic carbocycles. The monoisotopic (exact) mass is 488 g/mol. The van der Waals surface area contributed by atoms with Gasteiger partial charge in [-0.25, -0.2) is 4.79 Å². The number of aliphatic hydroxyl groups is 2. The summed E-state index contributed by atoms with van der Waals surface area (Å²) in [5, 5.41) is 27.7. The van der Waals surface area contributed by atoms with E-state index in [1.165, 1.54) is 0 Å². The zero-order valence-electron chi connectivity index (χ0n) is 20.0. The Balaban J connectivity index is 0.000000268. The summed E-state index contributed by atoms with van der Waals surface area (Å²) in [5.74, 6) is -0.371. The number of carbonyl (C=O) groups is 1. The molecule has 3 aromatic rings. The van der Waals surface area contributed by atoms with Crippen molar-refractivity contribution in [3.05, 3.63) is 96.6 Å². The van der Waals surface area contributed by atoms with Gasteiger partial charge >= 0.3 is 94.7 Å². The number of carboxylic acid groups (broad SMARTS) is 1. The third kappa shape index (κ3) is 11.5. The normalized spacial score (nSPS) is 12.9. The van der Waals surface area contributed by atoms with Gasteiger partial charge in [-0.3, -0.25) is 0 Å². The fourth-order valence-corrected chi connectivity index (χ4v) is 4.77. The third-order valence-corrected chi connectivity index (χ3v) is 7.01. The van der Waals surface area contributed by atoms with Crippen LogP contribution in [-0.2, 0) is 0 Å². The van der Waals surface area contributed by atoms with Crippen molar-refractivity contribution >= 4 is 24.3 Å². The van der Waals surface area contributed by atoms with Gasteiger partial charge in [-0.15, -0.1) is 0 Å². The van der Waals surface area contributed by atoms with E-state index in [0.717, 1.165) is 6.42 Å². The van der Waals surface area contributed by atoms with E-state index in [2.05, 4.69) is 13.8 Å². The van der Waals surface area contributed by atoms with Crippen LogP contribution < -0.4 is 10.6 Å². The zero-order chi connectivity index (χ0) is 25.6. The number of hydrogen-bond donors (Lipinski definition) is 5. The van der Waals surface area contributed by atoms with E-state index >= 15 is 0 Å². The second-order valence-electron chi connectivity index (χ2n) is 8.44. The molecule has 0 aromatic heterocycles. The molecule has 0 saturated carbocycles. The number of carboxylic acids is 1. The molecule has 2 atom stereocenters. The van der Waals surface area contributed by atoms with Gasteiger partial charge in [-0.05, 0) is 37.8 Å². The molecule has 0 spiro atoms. The Morgan fingerprint density at radius 1 is 0.706 bits per heavy atom. The molecule has 0 amide bonds. The molecule has 3 rings (SSSR count). The summed E-state index contributed by atoms with van der Waals surface area (Å²) < 4.78 is 0. The van der Waals surface area contributed by atoms with Crippen LogP contribution in [0.15, 0.2) is 91.0 Å². The van der Waals surface area contributed by atoms with E-state index in [9.17, 15) is 19.7 Å². The number of rotatable bonds is 7. The summed E-state index contributed by atoms with van der Waals surface area (Å²) in [5.41, 5.74) is 0.331. The molecule has 0 bridgehead atoms. The van der Waals surface area contributed by atoms with E-state index in [1.54, 1.807) is 61.5 Å². The Hall–Kier alpha value is -2.60. The first kappa shape index (κ1) is 29.4. The Morgan fingerprint density at radius 2 is 1.09 bits per heavy atom. The Morgan fingerprint density at radius 3 is 1.38 bits per heavy atom. The Labute approximate surface area is 202 Å². The van der Waals surface area contributed by atoms with Gasteiger partial charge in [0.05, 0.1) is 17.8 Å². The molecule has 6 nitrogen and oxygen atoms in total. The zero-order valence-corrected chi connectivity index (χ0v) is 21.0. The van der Waals surface area contributed by atoms with E-state index < -0.39 is 13.7 Å². The van der Waals surface area contributed by atoms with Crippen molar-refractivity contribution in [1.29, 1.82) is 0 Å². The fraction of sp³-hybridized carbons (Fsp3) is 0.296. The summed E-state index contributed by atoms with van der Waals surface area (Å²) in [6.07, 6.45) is 0.567. The molecule has 5 N–H and O–H groups in total. The van der Waals surface area contributed by atoms with E-state index in [0.29, 0.717) is 28.5 Å². The molecule has 7 heteroatoms. The van der Waals surface area contributed by atoms with Crippen molar-refractivity contribution in [2.75, 3.05) is 0 Å². The summed E-state index contributed by atoms with van der Waals surface area (Å²) in [6.45, 7) is 5.82. The standard InChI is InChI=1S/C12H13O2P.C8H18O2.C7H6O2/c13-15(14,11-7-3-1-4-8-11)12-9-5-2-6-10-12;1-6(2)4-8(10)5-7(3)9;8-7(9)6-4-2-1-3-5-6/h1-10,13-15H;6-10H,4-5H2,1-3H3;1-5H,(H,8,9). The van der Waals surface area contributed by atoms with Gasteiger partial charge in [0, 0.05) is 0 Å². The van der Waals surface area contributed by atoms with Crippen LogP contribution in [-0.4, -0.2) is 43.3 Å². The van der Waals surface area contributed by atoms with Gasteiger partial charge < -0.3 is 15.3 Å². The average molecular weight is 489 g/mol. The van der Waals surface area contributed by atoms with Gasteiger partial charge in [0.1, 0.15) is 0 Å². The van der Waals surface area contributed by atoms with Crippen LogP contribution in [0.25, 0.3) is 0 Å². The van der Waals surface area contributed by atoms with Crippen molar-refractivity contribution in [2.45, 2.75) is 45.8 Å². The number of benzene rings is 3. The van der Waals surface area contributed by atoms with Crippen LogP contribution in [0.2, 0.25) is 0 Å². The predicted octanol–water partition coefficient (Wildman–Crippen LogP) is 3.75. The van der Waals surface area contributed by atoms with Crippen LogP contribution >= 0.6 is 7.72 Å². The molecule has 0 radical (unpaired) electrons. The first-order valence-electron chi connectivity index (χ1n) is 11.2. The molecular weight excluding hydrogens is 451 g/mol.